The maximum Gasteiger partial charge on any atom is 0.293 e. The molecule has 1 fully saturated rings. The zero-order chi connectivity index (χ0) is 23.4. The quantitative estimate of drug-likeness (QED) is 0.340. The molecule has 1 aliphatic rings. The van der Waals surface area contributed by atoms with Gasteiger partial charge in [0, 0.05) is 18.7 Å². The van der Waals surface area contributed by atoms with Crippen molar-refractivity contribution in [3.63, 3.8) is 0 Å². The molecule has 1 aromatic heterocycles. The molecule has 0 spiro atoms. The molecule has 1 saturated heterocycles. The minimum atomic E-state index is -0.403. The van der Waals surface area contributed by atoms with E-state index >= 15 is 0 Å². The molecule has 4 N–H and O–H groups in total. The van der Waals surface area contributed by atoms with E-state index in [0.717, 1.165) is 16.7 Å². The second kappa shape index (κ2) is 9.53. The van der Waals surface area contributed by atoms with Gasteiger partial charge in [0.05, 0.1) is 16.2 Å². The number of rotatable bonds is 8. The molecular formula is C23H20N6O3S. The fourth-order valence-electron chi connectivity index (χ4n) is 3.15. The van der Waals surface area contributed by atoms with Crippen molar-refractivity contribution in [1.29, 1.82) is 5.41 Å². The van der Waals surface area contributed by atoms with E-state index in [1.54, 1.807) is 24.3 Å². The van der Waals surface area contributed by atoms with Crippen molar-refractivity contribution in [2.45, 2.75) is 0 Å². The number of aromatic nitrogens is 2. The lowest BCUT2D eigenvalue weighted by Crippen LogP contribution is -2.33. The zero-order valence-electron chi connectivity index (χ0n) is 17.4. The number of nitrogen functional groups attached to an aromatic ring is 1. The Balaban J connectivity index is 1.47. The first-order valence-corrected chi connectivity index (χ1v) is 10.7. The van der Waals surface area contributed by atoms with Crippen LogP contribution in [0.1, 0.15) is 11.1 Å². The Morgan fingerprint density at radius 1 is 1.09 bits per heavy atom. The highest BCUT2D eigenvalue weighted by molar-refractivity contribution is 8.18. The fourth-order valence-corrected chi connectivity index (χ4v) is 3.85. The average molecular weight is 461 g/mol. The third kappa shape index (κ3) is 4.85. The zero-order valence-corrected chi connectivity index (χ0v) is 18.3. The molecule has 33 heavy (non-hydrogen) atoms. The van der Waals surface area contributed by atoms with Crippen molar-refractivity contribution in [2.75, 3.05) is 24.1 Å². The van der Waals surface area contributed by atoms with Gasteiger partial charge in [0.1, 0.15) is 29.5 Å². The lowest BCUT2D eigenvalue weighted by atomic mass is 10.0. The van der Waals surface area contributed by atoms with Gasteiger partial charge in [-0.3, -0.25) is 19.9 Å². The number of nitrogens with one attached hydrogen (secondary N) is 2. The number of carbonyl (C=O) groups excluding carboxylic acids is 2. The lowest BCUT2D eigenvalue weighted by Gasteiger charge is -2.16. The van der Waals surface area contributed by atoms with Crippen LogP contribution >= 0.6 is 11.8 Å². The largest absolute Gasteiger partial charge is 0.457 e. The highest BCUT2D eigenvalue weighted by Gasteiger charge is 2.33. The molecule has 0 unspecified atom stereocenters. The average Bonchev–Trinajstić information content (AvgIpc) is 3.06. The van der Waals surface area contributed by atoms with E-state index in [1.165, 1.54) is 6.33 Å². The maximum atomic E-state index is 12.0. The first kappa shape index (κ1) is 22.0. The summed E-state index contributed by atoms with van der Waals surface area (Å²) < 4.78 is 5.79. The summed E-state index contributed by atoms with van der Waals surface area (Å²) in [5, 5.41) is 11.4. The molecule has 2 aromatic carbocycles. The van der Waals surface area contributed by atoms with Crippen LogP contribution < -0.4 is 15.8 Å². The highest BCUT2D eigenvalue weighted by atomic mass is 32.2. The molecule has 4 rings (SSSR count). The Morgan fingerprint density at radius 3 is 2.45 bits per heavy atom. The van der Waals surface area contributed by atoms with Crippen LogP contribution in [0.25, 0.3) is 0 Å². The second-order valence-corrected chi connectivity index (χ2v) is 8.02. The third-order valence-electron chi connectivity index (χ3n) is 4.79. The third-order valence-corrected chi connectivity index (χ3v) is 5.61. The Labute approximate surface area is 194 Å². The minimum absolute atomic E-state index is 0.124. The lowest BCUT2D eigenvalue weighted by molar-refractivity contribution is -0.122. The van der Waals surface area contributed by atoms with E-state index in [2.05, 4.69) is 21.9 Å². The van der Waals surface area contributed by atoms with Gasteiger partial charge < -0.3 is 15.8 Å². The van der Waals surface area contributed by atoms with Crippen LogP contribution in [0.2, 0.25) is 0 Å². The summed E-state index contributed by atoms with van der Waals surface area (Å²) in [5.41, 5.74) is 7.10. The molecule has 0 radical (unpaired) electrons. The Bertz CT molecular complexity index is 1230. The van der Waals surface area contributed by atoms with E-state index in [0.29, 0.717) is 28.4 Å². The summed E-state index contributed by atoms with van der Waals surface area (Å²) in [6.07, 6.45) is 1.29. The standard InChI is InChI=1S/C23H20N6O3S/c1-14-22(30)29(23(31)33-14)12-11-26-21-18(20(25)27-13-28-21)19(24)15-7-9-17(10-8-15)32-16-5-3-2-4-6-16/h2-10,13,24H,1,11-12H2,(H3,25,26,27,28). The fraction of sp³-hybridized carbons (Fsp3) is 0.0870. The Kier molecular flexibility index (Phi) is 6.36. The van der Waals surface area contributed by atoms with Crippen LogP contribution in [0.3, 0.4) is 0 Å². The van der Waals surface area contributed by atoms with Gasteiger partial charge in [-0.15, -0.1) is 0 Å². The SMILES string of the molecule is C=C1SC(=O)N(CCNc2ncnc(N)c2C(=N)c2ccc(Oc3ccccc3)cc2)C1=O. The number of ether oxygens (including phenoxy) is 1. The van der Waals surface area contributed by atoms with Crippen molar-refractivity contribution >= 4 is 40.3 Å². The van der Waals surface area contributed by atoms with Gasteiger partial charge in [0.15, 0.2) is 0 Å². The molecule has 9 nitrogen and oxygen atoms in total. The van der Waals surface area contributed by atoms with Gasteiger partial charge in [-0.2, -0.15) is 0 Å². The Hall–Kier alpha value is -4.18. The van der Waals surface area contributed by atoms with Gasteiger partial charge in [0.25, 0.3) is 11.1 Å². The van der Waals surface area contributed by atoms with E-state index in [4.69, 9.17) is 15.9 Å². The van der Waals surface area contributed by atoms with Crippen LogP contribution in [0.4, 0.5) is 16.4 Å². The van der Waals surface area contributed by atoms with E-state index < -0.39 is 5.91 Å². The predicted molar refractivity (Wildman–Crippen MR) is 128 cm³/mol. The van der Waals surface area contributed by atoms with Gasteiger partial charge in [-0.1, -0.05) is 24.8 Å². The van der Waals surface area contributed by atoms with E-state index in [-0.39, 0.29) is 34.8 Å². The summed E-state index contributed by atoms with van der Waals surface area (Å²) in [5.74, 6) is 1.42. The summed E-state index contributed by atoms with van der Waals surface area (Å²) in [6, 6.07) is 16.4. The molecule has 1 aliphatic heterocycles. The van der Waals surface area contributed by atoms with Crippen LogP contribution in [-0.2, 0) is 4.79 Å². The number of nitrogens with zero attached hydrogens (tertiary/aromatic N) is 3. The minimum Gasteiger partial charge on any atom is -0.457 e. The van der Waals surface area contributed by atoms with Crippen molar-refractivity contribution in [2.24, 2.45) is 0 Å². The summed E-state index contributed by atoms with van der Waals surface area (Å²) in [6.45, 7) is 3.93. The number of thioether (sulfide) groups is 1. The number of imide groups is 1. The van der Waals surface area contributed by atoms with Crippen LogP contribution in [-0.4, -0.2) is 44.8 Å². The summed E-state index contributed by atoms with van der Waals surface area (Å²) in [7, 11) is 0. The van der Waals surface area contributed by atoms with Crippen LogP contribution in [0.5, 0.6) is 11.5 Å². The molecule has 0 atom stereocenters. The smallest absolute Gasteiger partial charge is 0.293 e. The normalized spacial score (nSPS) is 13.3. The van der Waals surface area contributed by atoms with Crippen molar-refractivity contribution in [3.05, 3.63) is 83.5 Å². The van der Waals surface area contributed by atoms with Gasteiger partial charge >= 0.3 is 0 Å². The molecule has 2 heterocycles. The molecule has 0 saturated carbocycles. The van der Waals surface area contributed by atoms with Crippen molar-refractivity contribution < 1.29 is 14.3 Å². The summed E-state index contributed by atoms with van der Waals surface area (Å²) >= 11 is 0.817. The molecule has 3 aromatic rings. The number of benzene rings is 2. The van der Waals surface area contributed by atoms with E-state index in [9.17, 15) is 9.59 Å². The van der Waals surface area contributed by atoms with Gasteiger partial charge in [-0.05, 0) is 48.2 Å². The van der Waals surface area contributed by atoms with Crippen LogP contribution in [0.15, 0.2) is 72.4 Å². The second-order valence-electron chi connectivity index (χ2n) is 6.97. The first-order chi connectivity index (χ1) is 15.9. The molecule has 0 aliphatic carbocycles. The van der Waals surface area contributed by atoms with Crippen molar-refractivity contribution in [1.82, 2.24) is 14.9 Å². The molecular weight excluding hydrogens is 440 g/mol. The highest BCUT2D eigenvalue weighted by Crippen LogP contribution is 2.29. The number of hydrogen-bond acceptors (Lipinski definition) is 9. The van der Waals surface area contributed by atoms with Crippen molar-refractivity contribution in [3.8, 4) is 11.5 Å². The van der Waals surface area contributed by atoms with Gasteiger partial charge in [0.2, 0.25) is 0 Å². The predicted octanol–water partition coefficient (Wildman–Crippen LogP) is 3.89. The maximum absolute atomic E-state index is 12.0. The first-order valence-electron chi connectivity index (χ1n) is 9.93. The molecule has 10 heteroatoms. The monoisotopic (exact) mass is 460 g/mol. The number of hydrogen-bond donors (Lipinski definition) is 3. The number of para-hydroxylation sites is 1. The topological polar surface area (TPSA) is 134 Å². The number of anilines is 2. The molecule has 0 bridgehead atoms. The summed E-state index contributed by atoms with van der Waals surface area (Å²) in [4.78, 5) is 33.4. The van der Waals surface area contributed by atoms with Crippen LogP contribution in [0, 0.1) is 5.41 Å². The Morgan fingerprint density at radius 2 is 1.79 bits per heavy atom. The molecule has 166 valence electrons. The number of amides is 2. The molecule has 2 amide bonds. The number of nitrogens with two attached hydrogens (primary N) is 1. The van der Waals surface area contributed by atoms with Gasteiger partial charge in [-0.25, -0.2) is 9.97 Å². The van der Waals surface area contributed by atoms with E-state index in [1.807, 2.05) is 30.3 Å². The number of carbonyl (C=O) groups is 2.